The minimum Gasteiger partial charge on any atom is -0.310 e. The number of rotatable bonds is 4. The molecule has 9 aromatic carbocycles. The van der Waals surface area contributed by atoms with E-state index in [0.29, 0.717) is 0 Å². The van der Waals surface area contributed by atoms with Crippen LogP contribution in [0.3, 0.4) is 0 Å². The standard InChI is InChI=1S/C56H40N2S/c1-56(2)48-32-37(22-28-46(48)47-30-26-43(35-49(47)56)57-50-13-5-3-11-40(50)33-41-12-4-6-14-51(41)57)20-19-36-21-27-44-38(31-36)23-24-39-34-42(25-29-45(39)44)58-52-15-7-9-17-54(52)59-55-18-10-8-16-53(55)58/h3-32,34-35H,33H2,1-2H3. The summed E-state index contributed by atoms with van der Waals surface area (Å²) in [5.74, 6) is 0. The first-order valence-electron chi connectivity index (χ1n) is 20.5. The topological polar surface area (TPSA) is 6.48 Å². The first-order valence-corrected chi connectivity index (χ1v) is 21.4. The molecule has 0 saturated carbocycles. The first-order chi connectivity index (χ1) is 29.0. The lowest BCUT2D eigenvalue weighted by Gasteiger charge is -2.34. The Labute approximate surface area is 349 Å². The van der Waals surface area contributed by atoms with Gasteiger partial charge < -0.3 is 9.80 Å². The maximum atomic E-state index is 2.46. The van der Waals surface area contributed by atoms with E-state index in [2.05, 4.69) is 218 Å². The Hall–Kier alpha value is -6.81. The molecule has 0 N–H and O–H groups in total. The molecule has 59 heavy (non-hydrogen) atoms. The van der Waals surface area contributed by atoms with Crippen molar-refractivity contribution in [3.63, 3.8) is 0 Å². The van der Waals surface area contributed by atoms with Gasteiger partial charge in [0.05, 0.1) is 11.4 Å². The van der Waals surface area contributed by atoms with Crippen molar-refractivity contribution in [2.24, 2.45) is 0 Å². The van der Waals surface area contributed by atoms with E-state index in [0.717, 1.165) is 6.42 Å². The van der Waals surface area contributed by atoms with Crippen molar-refractivity contribution in [2.75, 3.05) is 9.80 Å². The minimum atomic E-state index is -0.136. The van der Waals surface area contributed by atoms with Crippen molar-refractivity contribution < 1.29 is 0 Å². The van der Waals surface area contributed by atoms with Crippen molar-refractivity contribution >= 4 is 79.6 Å². The molecule has 2 aliphatic heterocycles. The van der Waals surface area contributed by atoms with Gasteiger partial charge in [-0.1, -0.05) is 153 Å². The Morgan fingerprint density at radius 1 is 0.441 bits per heavy atom. The molecule has 0 bridgehead atoms. The molecule has 3 aliphatic rings. The van der Waals surface area contributed by atoms with Crippen LogP contribution in [0.4, 0.5) is 34.1 Å². The van der Waals surface area contributed by atoms with E-state index in [9.17, 15) is 0 Å². The Balaban J connectivity index is 0.841. The SMILES string of the molecule is CC1(C)c2cc(C=Cc3ccc4c(ccc5cc(N6c7ccccc7Sc7ccccc76)ccc54)c3)ccc2-c2ccc(N3c4ccccc4Cc4ccccc43)cc21. The van der Waals surface area contributed by atoms with E-state index in [4.69, 9.17) is 0 Å². The molecule has 2 heterocycles. The zero-order valence-corrected chi connectivity index (χ0v) is 33.8. The highest BCUT2D eigenvalue weighted by Gasteiger charge is 2.36. The molecule has 2 nitrogen and oxygen atoms in total. The fourth-order valence-electron chi connectivity index (χ4n) is 9.85. The van der Waals surface area contributed by atoms with Crippen LogP contribution in [0.5, 0.6) is 0 Å². The maximum Gasteiger partial charge on any atom is 0.0601 e. The Morgan fingerprint density at radius 3 is 1.59 bits per heavy atom. The number of fused-ring (bicyclic) bond motifs is 10. The summed E-state index contributed by atoms with van der Waals surface area (Å²) in [7, 11) is 0. The van der Waals surface area contributed by atoms with Crippen molar-refractivity contribution in [1.82, 2.24) is 0 Å². The average molecular weight is 773 g/mol. The van der Waals surface area contributed by atoms with Crippen LogP contribution in [0, 0.1) is 0 Å². The van der Waals surface area contributed by atoms with Crippen LogP contribution in [-0.2, 0) is 11.8 Å². The number of benzene rings is 9. The molecule has 12 rings (SSSR count). The molecule has 1 aliphatic carbocycles. The Morgan fingerprint density at radius 2 is 0.915 bits per heavy atom. The maximum absolute atomic E-state index is 2.46. The van der Waals surface area contributed by atoms with Crippen molar-refractivity contribution in [3.8, 4) is 11.1 Å². The smallest absolute Gasteiger partial charge is 0.0601 e. The summed E-state index contributed by atoms with van der Waals surface area (Å²) >= 11 is 1.85. The second-order valence-corrected chi connectivity index (χ2v) is 17.7. The summed E-state index contributed by atoms with van der Waals surface area (Å²) in [4.78, 5) is 7.42. The summed E-state index contributed by atoms with van der Waals surface area (Å²) in [6.45, 7) is 4.76. The predicted molar refractivity (Wildman–Crippen MR) is 251 cm³/mol. The van der Waals surface area contributed by atoms with Crippen LogP contribution in [0.25, 0.3) is 44.8 Å². The molecule has 0 amide bonds. The van der Waals surface area contributed by atoms with Crippen LogP contribution >= 0.6 is 11.8 Å². The lowest BCUT2D eigenvalue weighted by Crippen LogP contribution is -2.20. The van der Waals surface area contributed by atoms with E-state index in [1.807, 2.05) is 11.8 Å². The fraction of sp³-hybridized carbons (Fsp3) is 0.0714. The quantitative estimate of drug-likeness (QED) is 0.130. The van der Waals surface area contributed by atoms with Gasteiger partial charge in [0, 0.05) is 44.4 Å². The van der Waals surface area contributed by atoms with Gasteiger partial charge in [-0.25, -0.2) is 0 Å². The number of hydrogen-bond acceptors (Lipinski definition) is 3. The number of nitrogens with zero attached hydrogens (tertiary/aromatic N) is 2. The third-order valence-electron chi connectivity index (χ3n) is 12.8. The van der Waals surface area contributed by atoms with Crippen LogP contribution < -0.4 is 9.80 Å². The second kappa shape index (κ2) is 13.1. The van der Waals surface area contributed by atoms with E-state index in [1.54, 1.807) is 0 Å². The van der Waals surface area contributed by atoms with Crippen LogP contribution in [0.15, 0.2) is 192 Å². The van der Waals surface area contributed by atoms with Gasteiger partial charge in [0.1, 0.15) is 0 Å². The third-order valence-corrected chi connectivity index (χ3v) is 13.9. The molecule has 9 aromatic rings. The lowest BCUT2D eigenvalue weighted by molar-refractivity contribution is 0.660. The monoisotopic (exact) mass is 772 g/mol. The zero-order valence-electron chi connectivity index (χ0n) is 33.0. The van der Waals surface area contributed by atoms with Crippen LogP contribution in [-0.4, -0.2) is 0 Å². The molecule has 0 saturated heterocycles. The number of hydrogen-bond donors (Lipinski definition) is 0. The largest absolute Gasteiger partial charge is 0.310 e. The summed E-state index contributed by atoms with van der Waals surface area (Å²) in [6.07, 6.45) is 5.49. The lowest BCUT2D eigenvalue weighted by atomic mass is 9.81. The highest BCUT2D eigenvalue weighted by molar-refractivity contribution is 7.99. The van der Waals surface area contributed by atoms with Gasteiger partial charge in [-0.05, 0) is 133 Å². The molecule has 0 spiro atoms. The summed E-state index contributed by atoms with van der Waals surface area (Å²) in [5, 5.41) is 5.03. The van der Waals surface area contributed by atoms with Crippen LogP contribution in [0.1, 0.15) is 47.2 Å². The van der Waals surface area contributed by atoms with Gasteiger partial charge >= 0.3 is 0 Å². The molecule has 0 atom stereocenters. The summed E-state index contributed by atoms with van der Waals surface area (Å²) < 4.78 is 0. The molecule has 0 unspecified atom stereocenters. The van der Waals surface area contributed by atoms with E-state index in [-0.39, 0.29) is 5.41 Å². The minimum absolute atomic E-state index is 0.136. The Kier molecular flexibility index (Phi) is 7.61. The molecule has 0 fully saturated rings. The summed E-state index contributed by atoms with van der Waals surface area (Å²) in [6, 6.07) is 67.5. The Bertz CT molecular complexity index is 3140. The van der Waals surface area contributed by atoms with Gasteiger partial charge in [0.2, 0.25) is 0 Å². The van der Waals surface area contributed by atoms with Crippen molar-refractivity contribution in [1.29, 1.82) is 0 Å². The average Bonchev–Trinajstić information content (AvgIpc) is 3.50. The summed E-state index contributed by atoms with van der Waals surface area (Å²) in [5.41, 5.74) is 17.8. The predicted octanol–water partition coefficient (Wildman–Crippen LogP) is 15.8. The molecule has 280 valence electrons. The fourth-order valence-corrected chi connectivity index (χ4v) is 10.9. The second-order valence-electron chi connectivity index (χ2n) is 16.6. The van der Waals surface area contributed by atoms with Gasteiger partial charge in [0.25, 0.3) is 0 Å². The first kappa shape index (κ1) is 34.3. The molecular formula is C56H40N2S. The van der Waals surface area contributed by atoms with E-state index in [1.165, 1.54) is 110 Å². The molecular weight excluding hydrogens is 733 g/mol. The molecule has 0 radical (unpaired) electrons. The zero-order chi connectivity index (χ0) is 39.2. The van der Waals surface area contributed by atoms with Gasteiger partial charge in [-0.3, -0.25) is 0 Å². The third kappa shape index (κ3) is 5.42. The number of para-hydroxylation sites is 4. The van der Waals surface area contributed by atoms with E-state index < -0.39 is 0 Å². The number of anilines is 6. The van der Waals surface area contributed by atoms with Crippen molar-refractivity contribution in [2.45, 2.75) is 35.5 Å². The molecule has 3 heteroatoms. The van der Waals surface area contributed by atoms with Gasteiger partial charge in [-0.15, -0.1) is 0 Å². The van der Waals surface area contributed by atoms with Gasteiger partial charge in [0.15, 0.2) is 0 Å². The van der Waals surface area contributed by atoms with Gasteiger partial charge in [-0.2, -0.15) is 0 Å². The normalized spacial score (nSPS) is 14.5. The highest BCUT2D eigenvalue weighted by atomic mass is 32.2. The van der Waals surface area contributed by atoms with Crippen molar-refractivity contribution in [3.05, 3.63) is 215 Å². The van der Waals surface area contributed by atoms with E-state index >= 15 is 0 Å². The highest BCUT2D eigenvalue weighted by Crippen LogP contribution is 2.53. The molecule has 0 aromatic heterocycles. The van der Waals surface area contributed by atoms with Crippen LogP contribution in [0.2, 0.25) is 0 Å².